The van der Waals surface area contributed by atoms with Gasteiger partial charge in [-0.05, 0) is 0 Å². The molecule has 0 saturated carbocycles. The molecule has 2 unspecified atom stereocenters. The van der Waals surface area contributed by atoms with Crippen LogP contribution in [0.4, 0.5) is 5.82 Å². The van der Waals surface area contributed by atoms with Crippen molar-refractivity contribution in [3.63, 3.8) is 0 Å². The SMILES string of the molecule is NC(=O)c1[nH]c(C2O[C@H](C(O)P(=O)(O)O)[C@@H](O)[C@H]2O)nc1N. The molecular weight excluding hydrogens is 323 g/mol. The zero-order valence-electron chi connectivity index (χ0n) is 10.9. The van der Waals surface area contributed by atoms with Crippen LogP contribution in [0.1, 0.15) is 22.4 Å². The van der Waals surface area contributed by atoms with E-state index in [1.54, 1.807) is 0 Å². The summed E-state index contributed by atoms with van der Waals surface area (Å²) in [5.74, 6) is -3.72. The minimum absolute atomic E-state index is 0.182. The van der Waals surface area contributed by atoms with Crippen LogP contribution in [0.5, 0.6) is 0 Å². The van der Waals surface area contributed by atoms with Crippen LogP contribution in [0.2, 0.25) is 0 Å². The van der Waals surface area contributed by atoms with E-state index in [0.29, 0.717) is 0 Å². The van der Waals surface area contributed by atoms with Crippen LogP contribution in [0.3, 0.4) is 0 Å². The molecule has 2 heterocycles. The Morgan fingerprint density at radius 2 is 1.95 bits per heavy atom. The van der Waals surface area contributed by atoms with Crippen molar-refractivity contribution in [2.75, 3.05) is 5.73 Å². The molecule has 12 nitrogen and oxygen atoms in total. The van der Waals surface area contributed by atoms with Crippen LogP contribution in [0.25, 0.3) is 0 Å². The molecule has 1 aromatic rings. The number of rotatable bonds is 4. The van der Waals surface area contributed by atoms with E-state index in [1.165, 1.54) is 0 Å². The molecule has 1 saturated heterocycles. The molecule has 0 aromatic carbocycles. The summed E-state index contributed by atoms with van der Waals surface area (Å²) >= 11 is 0. The van der Waals surface area contributed by atoms with E-state index < -0.39 is 43.8 Å². The van der Waals surface area contributed by atoms with Crippen molar-refractivity contribution in [3.8, 4) is 0 Å². The number of aromatic amines is 1. The predicted molar refractivity (Wildman–Crippen MR) is 69.2 cm³/mol. The van der Waals surface area contributed by atoms with Crippen molar-refractivity contribution in [2.24, 2.45) is 5.73 Å². The largest absolute Gasteiger partial charge is 0.387 e. The number of aromatic nitrogens is 2. The Balaban J connectivity index is 2.29. The number of aliphatic hydroxyl groups is 3. The Labute approximate surface area is 122 Å². The zero-order chi connectivity index (χ0) is 16.8. The van der Waals surface area contributed by atoms with E-state index >= 15 is 0 Å². The first-order valence-electron chi connectivity index (χ1n) is 5.94. The number of aliphatic hydroxyl groups excluding tert-OH is 3. The van der Waals surface area contributed by atoms with Gasteiger partial charge in [-0.3, -0.25) is 9.36 Å². The first-order valence-corrected chi connectivity index (χ1v) is 7.62. The van der Waals surface area contributed by atoms with E-state index in [2.05, 4.69) is 9.97 Å². The number of nitrogens with two attached hydrogens (primary N) is 2. The lowest BCUT2D eigenvalue weighted by Gasteiger charge is -2.21. The summed E-state index contributed by atoms with van der Waals surface area (Å²) in [6.07, 6.45) is -6.62. The number of carbonyl (C=O) groups excluding carboxylic acids is 1. The van der Waals surface area contributed by atoms with Crippen molar-refractivity contribution in [2.45, 2.75) is 30.3 Å². The fourth-order valence-corrected chi connectivity index (χ4v) is 2.73. The van der Waals surface area contributed by atoms with Gasteiger partial charge in [-0.25, -0.2) is 4.98 Å². The molecule has 0 spiro atoms. The predicted octanol–water partition coefficient (Wildman–Crippen LogP) is -3.25. The second-order valence-electron chi connectivity index (χ2n) is 4.75. The van der Waals surface area contributed by atoms with Crippen molar-refractivity contribution < 1.29 is 39.2 Å². The van der Waals surface area contributed by atoms with Gasteiger partial charge < -0.3 is 46.3 Å². The standard InChI is InChI=1S/C9H15N4O8P/c10-6-1(7(11)16)12-8(13-6)4-2(14)3(15)5(21-4)9(17)22(18,19)20/h2-5,9,14-15,17H,10H2,(H2,11,16)(H,12,13)(H2,18,19,20)/t2-,3+,4?,5+,9?/m1/s1. The maximum atomic E-state index is 11.1. The number of anilines is 1. The smallest absolute Gasteiger partial charge is 0.356 e. The van der Waals surface area contributed by atoms with E-state index in [-0.39, 0.29) is 17.3 Å². The number of imidazole rings is 1. The molecule has 124 valence electrons. The number of carbonyl (C=O) groups is 1. The van der Waals surface area contributed by atoms with Gasteiger partial charge in [0.05, 0.1) is 0 Å². The average molecular weight is 338 g/mol. The number of hydrogen-bond donors (Lipinski definition) is 8. The summed E-state index contributed by atoms with van der Waals surface area (Å²) in [6, 6.07) is 0. The number of ether oxygens (including phenoxy) is 1. The monoisotopic (exact) mass is 338 g/mol. The molecule has 1 aliphatic heterocycles. The van der Waals surface area contributed by atoms with Crippen LogP contribution in [0.15, 0.2) is 0 Å². The summed E-state index contributed by atoms with van der Waals surface area (Å²) in [7, 11) is -4.98. The Morgan fingerprint density at radius 1 is 1.36 bits per heavy atom. The normalized spacial score (nSPS) is 30.4. The molecule has 0 radical (unpaired) electrons. The highest BCUT2D eigenvalue weighted by Crippen LogP contribution is 2.47. The Hall–Kier alpha value is -1.53. The quantitative estimate of drug-likeness (QED) is 0.256. The van der Waals surface area contributed by atoms with Gasteiger partial charge in [0.25, 0.3) is 5.91 Å². The first-order chi connectivity index (χ1) is 10.0. The lowest BCUT2D eigenvalue weighted by atomic mass is 10.1. The van der Waals surface area contributed by atoms with Gasteiger partial charge in [0, 0.05) is 0 Å². The molecular formula is C9H15N4O8P. The van der Waals surface area contributed by atoms with Gasteiger partial charge in [0.2, 0.25) is 0 Å². The number of amides is 1. The average Bonchev–Trinajstić information content (AvgIpc) is 2.90. The van der Waals surface area contributed by atoms with Crippen LogP contribution < -0.4 is 11.5 Å². The fraction of sp³-hybridized carbons (Fsp3) is 0.556. The summed E-state index contributed by atoms with van der Waals surface area (Å²) in [4.78, 5) is 35.0. The third-order valence-corrected chi connectivity index (χ3v) is 4.19. The highest BCUT2D eigenvalue weighted by Gasteiger charge is 2.52. The van der Waals surface area contributed by atoms with Crippen LogP contribution in [-0.4, -0.2) is 65.1 Å². The molecule has 1 fully saturated rings. The van der Waals surface area contributed by atoms with Gasteiger partial charge in [-0.15, -0.1) is 0 Å². The second kappa shape index (κ2) is 5.59. The van der Waals surface area contributed by atoms with Crippen LogP contribution in [-0.2, 0) is 9.30 Å². The summed E-state index contributed by atoms with van der Waals surface area (Å²) in [6.45, 7) is 0. The number of H-pyrrole nitrogens is 1. The molecule has 5 atom stereocenters. The van der Waals surface area contributed by atoms with Crippen molar-refractivity contribution in [3.05, 3.63) is 11.5 Å². The minimum Gasteiger partial charge on any atom is -0.387 e. The maximum absolute atomic E-state index is 11.1. The summed E-state index contributed by atoms with van der Waals surface area (Å²) < 4.78 is 16.1. The molecule has 0 aliphatic carbocycles. The number of nitrogens with one attached hydrogen (secondary N) is 1. The third-order valence-electron chi connectivity index (χ3n) is 3.20. The van der Waals surface area contributed by atoms with Crippen LogP contribution in [0, 0.1) is 0 Å². The minimum atomic E-state index is -4.98. The van der Waals surface area contributed by atoms with E-state index in [9.17, 15) is 24.7 Å². The Morgan fingerprint density at radius 3 is 2.41 bits per heavy atom. The molecule has 2 rings (SSSR count). The molecule has 1 amide bonds. The van der Waals surface area contributed by atoms with Crippen molar-refractivity contribution in [1.82, 2.24) is 9.97 Å². The van der Waals surface area contributed by atoms with E-state index in [1.807, 2.05) is 0 Å². The molecule has 10 N–H and O–H groups in total. The van der Waals surface area contributed by atoms with Gasteiger partial charge in [-0.2, -0.15) is 0 Å². The number of nitrogen functional groups attached to an aromatic ring is 1. The fourth-order valence-electron chi connectivity index (χ4n) is 2.10. The molecule has 1 aliphatic rings. The molecule has 22 heavy (non-hydrogen) atoms. The first kappa shape index (κ1) is 16.8. The highest BCUT2D eigenvalue weighted by molar-refractivity contribution is 7.52. The highest BCUT2D eigenvalue weighted by atomic mass is 31.2. The molecule has 13 heteroatoms. The van der Waals surface area contributed by atoms with E-state index in [4.69, 9.17) is 26.0 Å². The van der Waals surface area contributed by atoms with Gasteiger partial charge in [-0.1, -0.05) is 0 Å². The Bertz CT molecular complexity index is 629. The van der Waals surface area contributed by atoms with E-state index in [0.717, 1.165) is 0 Å². The maximum Gasteiger partial charge on any atom is 0.356 e. The van der Waals surface area contributed by atoms with Gasteiger partial charge in [0.1, 0.15) is 35.9 Å². The number of primary amides is 1. The Kier molecular flexibility index (Phi) is 4.28. The molecule has 1 aromatic heterocycles. The van der Waals surface area contributed by atoms with Crippen molar-refractivity contribution in [1.29, 1.82) is 0 Å². The second-order valence-corrected chi connectivity index (χ2v) is 6.46. The zero-order valence-corrected chi connectivity index (χ0v) is 11.8. The lowest BCUT2D eigenvalue weighted by molar-refractivity contribution is -0.0464. The summed E-state index contributed by atoms with van der Waals surface area (Å²) in [5, 5.41) is 29.1. The number of nitrogens with zero attached hydrogens (tertiary/aromatic N) is 1. The molecule has 0 bridgehead atoms. The topological polar surface area (TPSA) is 225 Å². The van der Waals surface area contributed by atoms with Gasteiger partial charge >= 0.3 is 7.60 Å². The lowest BCUT2D eigenvalue weighted by Crippen LogP contribution is -2.38. The van der Waals surface area contributed by atoms with Gasteiger partial charge in [0.15, 0.2) is 11.7 Å². The van der Waals surface area contributed by atoms with Crippen molar-refractivity contribution >= 4 is 19.3 Å². The third kappa shape index (κ3) is 2.85. The number of hydrogen-bond acceptors (Lipinski definition) is 8. The summed E-state index contributed by atoms with van der Waals surface area (Å²) in [5.41, 5.74) is 10.2. The van der Waals surface area contributed by atoms with Crippen LogP contribution >= 0.6 is 7.60 Å².